The van der Waals surface area contributed by atoms with Crippen molar-refractivity contribution in [1.82, 2.24) is 35.6 Å². The second-order valence-electron chi connectivity index (χ2n) is 8.78. The van der Waals surface area contributed by atoms with Gasteiger partial charge in [0, 0.05) is 12.6 Å². The van der Waals surface area contributed by atoms with Crippen LogP contribution in [-0.2, 0) is 6.54 Å². The second-order valence-corrected chi connectivity index (χ2v) is 8.78. The van der Waals surface area contributed by atoms with Crippen LogP contribution >= 0.6 is 0 Å². The summed E-state index contributed by atoms with van der Waals surface area (Å²) >= 11 is 0. The predicted octanol–water partition coefficient (Wildman–Crippen LogP) is 2.91. The van der Waals surface area contributed by atoms with Crippen molar-refractivity contribution in [3.63, 3.8) is 0 Å². The fourth-order valence-electron chi connectivity index (χ4n) is 4.38. The van der Waals surface area contributed by atoms with E-state index in [1.54, 1.807) is 0 Å². The molecule has 4 aromatic rings. The monoisotopic (exact) mass is 473 g/mol. The quantitative estimate of drug-likeness (QED) is 0.322. The Kier molecular flexibility index (Phi) is 6.23. The van der Waals surface area contributed by atoms with Gasteiger partial charge in [-0.15, -0.1) is 5.10 Å². The molecule has 11 heteroatoms. The van der Waals surface area contributed by atoms with E-state index >= 15 is 0 Å². The zero-order valence-corrected chi connectivity index (χ0v) is 19.7. The number of carbonyl (C=O) groups is 1. The van der Waals surface area contributed by atoms with Crippen LogP contribution in [0.2, 0.25) is 0 Å². The summed E-state index contributed by atoms with van der Waals surface area (Å²) in [6.07, 6.45) is 3.37. The number of piperidine rings is 1. The Morgan fingerprint density at radius 2 is 2.03 bits per heavy atom. The van der Waals surface area contributed by atoms with Crippen LogP contribution in [0.5, 0.6) is 0 Å². The predicted molar refractivity (Wildman–Crippen MR) is 131 cm³/mol. The van der Waals surface area contributed by atoms with E-state index in [9.17, 15) is 4.79 Å². The van der Waals surface area contributed by atoms with Crippen LogP contribution in [-0.4, -0.2) is 54.4 Å². The van der Waals surface area contributed by atoms with Crippen LogP contribution in [0.15, 0.2) is 52.2 Å². The number of likely N-dealkylation sites (tertiary alicyclic amines) is 1. The third kappa shape index (κ3) is 4.62. The number of nitrogens with two attached hydrogens (primary N) is 1. The van der Waals surface area contributed by atoms with Gasteiger partial charge in [-0.25, -0.2) is 10.1 Å². The van der Waals surface area contributed by atoms with Crippen LogP contribution in [0.25, 0.3) is 16.6 Å². The summed E-state index contributed by atoms with van der Waals surface area (Å²) in [4.78, 5) is 15.5. The van der Waals surface area contributed by atoms with Crippen molar-refractivity contribution < 1.29 is 9.42 Å². The lowest BCUT2D eigenvalue weighted by Gasteiger charge is -2.33. The lowest BCUT2D eigenvalue weighted by Crippen LogP contribution is -2.38. The Hall–Kier alpha value is -4.12. The molecular weight excluding hydrogens is 446 g/mol. The molecule has 0 spiro atoms. The van der Waals surface area contributed by atoms with Crippen molar-refractivity contribution in [3.05, 3.63) is 59.4 Å². The van der Waals surface area contributed by atoms with Crippen molar-refractivity contribution >= 4 is 28.2 Å². The van der Waals surface area contributed by atoms with Crippen molar-refractivity contribution in [2.75, 3.05) is 12.3 Å². The normalized spacial score (nSPS) is 17.1. The Labute approximate surface area is 201 Å². The average Bonchev–Trinajstić information content (AvgIpc) is 3.49. The van der Waals surface area contributed by atoms with Gasteiger partial charge in [0.05, 0.1) is 11.4 Å². The molecule has 0 saturated carbocycles. The van der Waals surface area contributed by atoms with E-state index < -0.39 is 5.91 Å². The molecule has 3 N–H and O–H groups in total. The molecule has 1 amide bonds. The average molecular weight is 474 g/mol. The fourth-order valence-corrected chi connectivity index (χ4v) is 4.38. The lowest BCUT2D eigenvalue weighted by atomic mass is 10.0. The minimum absolute atomic E-state index is 0.0694. The summed E-state index contributed by atoms with van der Waals surface area (Å²) in [5, 5.41) is 22.3. The Bertz CT molecular complexity index is 1390. The molecule has 2 aromatic heterocycles. The van der Waals surface area contributed by atoms with Gasteiger partial charge in [-0.3, -0.25) is 9.69 Å². The van der Waals surface area contributed by atoms with E-state index in [0.717, 1.165) is 35.7 Å². The maximum Gasteiger partial charge on any atom is 0.293 e. The zero-order chi connectivity index (χ0) is 24.4. The number of hydrogen-bond acceptors (Lipinski definition) is 9. The van der Waals surface area contributed by atoms with Crippen LogP contribution < -0.4 is 11.2 Å². The van der Waals surface area contributed by atoms with Gasteiger partial charge < -0.3 is 5.73 Å². The second kappa shape index (κ2) is 9.63. The van der Waals surface area contributed by atoms with E-state index in [-0.39, 0.29) is 17.3 Å². The minimum Gasteiger partial charge on any atom is -0.378 e. The molecule has 0 bridgehead atoms. The molecule has 1 aliphatic heterocycles. The first-order chi connectivity index (χ1) is 17.0. The van der Waals surface area contributed by atoms with Gasteiger partial charge in [0.15, 0.2) is 5.69 Å². The van der Waals surface area contributed by atoms with Gasteiger partial charge in [-0.1, -0.05) is 48.0 Å². The molecule has 0 aliphatic carbocycles. The van der Waals surface area contributed by atoms with E-state index in [1.807, 2.05) is 43.3 Å². The summed E-state index contributed by atoms with van der Waals surface area (Å²) < 4.78 is 6.16. The van der Waals surface area contributed by atoms with Crippen LogP contribution in [0.1, 0.15) is 54.9 Å². The SMILES string of the molecule is C/C(=N\NC(=O)c1nnn(-c2nonc2N)c1CN1CCCC[C@@H]1C)c1ccc2ccccc2c1. The summed E-state index contributed by atoms with van der Waals surface area (Å²) in [6, 6.07) is 14.5. The summed E-state index contributed by atoms with van der Waals surface area (Å²) in [5.74, 6) is -0.196. The third-order valence-corrected chi connectivity index (χ3v) is 6.46. The van der Waals surface area contributed by atoms with E-state index in [1.165, 1.54) is 11.1 Å². The number of benzene rings is 2. The van der Waals surface area contributed by atoms with Crippen molar-refractivity contribution in [2.24, 2.45) is 5.10 Å². The van der Waals surface area contributed by atoms with Gasteiger partial charge in [0.25, 0.3) is 5.91 Å². The molecule has 0 unspecified atom stereocenters. The number of anilines is 1. The number of nitrogens with one attached hydrogen (secondary N) is 1. The molecule has 2 aromatic carbocycles. The Balaban J connectivity index is 1.42. The summed E-state index contributed by atoms with van der Waals surface area (Å²) in [7, 11) is 0. The third-order valence-electron chi connectivity index (χ3n) is 6.46. The first-order valence-corrected chi connectivity index (χ1v) is 11.6. The summed E-state index contributed by atoms with van der Waals surface area (Å²) in [6.45, 7) is 5.39. The number of rotatable bonds is 6. The molecule has 0 radical (unpaired) electrons. The van der Waals surface area contributed by atoms with E-state index in [0.29, 0.717) is 24.0 Å². The van der Waals surface area contributed by atoms with Gasteiger partial charge in [0.2, 0.25) is 11.6 Å². The molecule has 1 atom stereocenters. The minimum atomic E-state index is -0.467. The number of nitrogen functional groups attached to an aromatic ring is 1. The number of hydrazone groups is 1. The molecule has 1 fully saturated rings. The maximum absolute atomic E-state index is 13.2. The number of fused-ring (bicyclic) bond motifs is 1. The van der Waals surface area contributed by atoms with Gasteiger partial charge in [-0.2, -0.15) is 9.78 Å². The zero-order valence-electron chi connectivity index (χ0n) is 19.7. The Morgan fingerprint density at radius 1 is 1.20 bits per heavy atom. The lowest BCUT2D eigenvalue weighted by molar-refractivity contribution is 0.0944. The smallest absolute Gasteiger partial charge is 0.293 e. The van der Waals surface area contributed by atoms with Crippen LogP contribution in [0, 0.1) is 0 Å². The van der Waals surface area contributed by atoms with Gasteiger partial charge >= 0.3 is 0 Å². The topological polar surface area (TPSA) is 140 Å². The number of carbonyl (C=O) groups excluding carboxylic acids is 1. The number of hydrogen-bond donors (Lipinski definition) is 2. The molecule has 35 heavy (non-hydrogen) atoms. The maximum atomic E-state index is 13.2. The van der Waals surface area contributed by atoms with Crippen LogP contribution in [0.4, 0.5) is 5.82 Å². The highest BCUT2D eigenvalue weighted by Gasteiger charge is 2.28. The van der Waals surface area contributed by atoms with Crippen molar-refractivity contribution in [1.29, 1.82) is 0 Å². The molecular formula is C24H27N9O2. The molecule has 3 heterocycles. The molecule has 1 aliphatic rings. The van der Waals surface area contributed by atoms with Crippen molar-refractivity contribution in [3.8, 4) is 5.82 Å². The standard InChI is InChI=1S/C24H27N9O2/c1-15-7-5-6-12-32(15)14-20-21(27-31-33(20)23-22(25)29-35-30-23)24(34)28-26-16(2)18-11-10-17-8-3-4-9-19(17)13-18/h3-4,8-11,13,15H,5-7,12,14H2,1-2H3,(H2,25,29)(H,28,34)/b26-16+/t15-/m0/s1. The largest absolute Gasteiger partial charge is 0.378 e. The Morgan fingerprint density at radius 3 is 2.80 bits per heavy atom. The molecule has 1 saturated heterocycles. The highest BCUT2D eigenvalue weighted by Crippen LogP contribution is 2.23. The van der Waals surface area contributed by atoms with E-state index in [4.69, 9.17) is 10.4 Å². The van der Waals surface area contributed by atoms with Crippen molar-refractivity contribution in [2.45, 2.75) is 45.7 Å². The first kappa shape index (κ1) is 22.7. The van der Waals surface area contributed by atoms with Gasteiger partial charge in [0.1, 0.15) is 0 Å². The summed E-state index contributed by atoms with van der Waals surface area (Å²) in [5.41, 5.74) is 10.8. The van der Waals surface area contributed by atoms with E-state index in [2.05, 4.69) is 49.0 Å². The number of amides is 1. The number of aromatic nitrogens is 5. The van der Waals surface area contributed by atoms with Crippen LogP contribution in [0.3, 0.4) is 0 Å². The highest BCUT2D eigenvalue weighted by molar-refractivity contribution is 6.03. The molecule has 11 nitrogen and oxygen atoms in total. The number of nitrogens with zero attached hydrogens (tertiary/aromatic N) is 7. The van der Waals surface area contributed by atoms with Gasteiger partial charge in [-0.05, 0) is 65.9 Å². The molecule has 180 valence electrons. The highest BCUT2D eigenvalue weighted by atomic mass is 16.6. The molecule has 5 rings (SSSR count). The fraction of sp³-hybridized carbons (Fsp3) is 0.333. The first-order valence-electron chi connectivity index (χ1n) is 11.6.